The fourth-order valence-electron chi connectivity index (χ4n) is 4.42. The third kappa shape index (κ3) is 4.19. The highest BCUT2D eigenvalue weighted by Gasteiger charge is 2.30. The molecular formula is C24H29N3O3S2. The summed E-state index contributed by atoms with van der Waals surface area (Å²) in [4.78, 5) is 18.1. The molecule has 0 saturated heterocycles. The van der Waals surface area contributed by atoms with Crippen molar-refractivity contribution in [3.8, 4) is 0 Å². The number of aromatic nitrogens is 1. The Bertz CT molecular complexity index is 1300. The Kier molecular flexibility index (Phi) is 6.65. The van der Waals surface area contributed by atoms with E-state index in [-0.39, 0.29) is 16.8 Å². The van der Waals surface area contributed by atoms with Crippen LogP contribution in [0.1, 0.15) is 55.5 Å². The molecule has 0 spiro atoms. The fraction of sp³-hybridized carbons (Fsp3) is 0.417. The molecule has 0 radical (unpaired) electrons. The summed E-state index contributed by atoms with van der Waals surface area (Å²) in [6.45, 7) is 4.88. The van der Waals surface area contributed by atoms with Crippen LogP contribution in [0.3, 0.4) is 0 Å². The van der Waals surface area contributed by atoms with E-state index in [2.05, 4.69) is 28.6 Å². The topological polar surface area (TPSA) is 71.7 Å². The fourth-order valence-corrected chi connectivity index (χ4v) is 6.98. The van der Waals surface area contributed by atoms with Gasteiger partial charge in [0, 0.05) is 25.2 Å². The highest BCUT2D eigenvalue weighted by atomic mass is 32.2. The molecule has 1 amide bonds. The minimum absolute atomic E-state index is 0.0572. The van der Waals surface area contributed by atoms with Gasteiger partial charge < -0.3 is 4.57 Å². The molecule has 32 heavy (non-hydrogen) atoms. The predicted octanol–water partition coefficient (Wildman–Crippen LogP) is 4.59. The highest BCUT2D eigenvalue weighted by molar-refractivity contribution is 7.89. The number of carbonyl (C=O) groups is 1. The van der Waals surface area contributed by atoms with Crippen LogP contribution in [0.2, 0.25) is 0 Å². The number of hydrogen-bond donors (Lipinski definition) is 0. The van der Waals surface area contributed by atoms with Gasteiger partial charge in [0.15, 0.2) is 4.80 Å². The van der Waals surface area contributed by atoms with Gasteiger partial charge in [-0.25, -0.2) is 8.42 Å². The number of nitrogens with zero attached hydrogens (tertiary/aromatic N) is 3. The van der Waals surface area contributed by atoms with Gasteiger partial charge in [0.05, 0.1) is 15.1 Å². The molecule has 0 aliphatic heterocycles. The second-order valence-electron chi connectivity index (χ2n) is 8.15. The molecule has 2 aromatic carbocycles. The number of aryl methyl sites for hydroxylation is 2. The first kappa shape index (κ1) is 22.9. The van der Waals surface area contributed by atoms with Crippen LogP contribution in [-0.2, 0) is 23.0 Å². The van der Waals surface area contributed by atoms with Crippen molar-refractivity contribution in [1.29, 1.82) is 0 Å². The lowest BCUT2D eigenvalue weighted by molar-refractivity contribution is 0.0997. The van der Waals surface area contributed by atoms with E-state index in [9.17, 15) is 13.2 Å². The SMILES string of the molecule is CCc1cccc2sc(=NC(=O)c3ccc(S(=O)(=O)N(C)C4CCCC4)cc3)n(CC)c12. The van der Waals surface area contributed by atoms with Crippen molar-refractivity contribution in [1.82, 2.24) is 8.87 Å². The van der Waals surface area contributed by atoms with Gasteiger partial charge in [-0.1, -0.05) is 43.2 Å². The van der Waals surface area contributed by atoms with Crippen molar-refractivity contribution in [2.24, 2.45) is 4.99 Å². The van der Waals surface area contributed by atoms with Crippen LogP contribution in [0.25, 0.3) is 10.2 Å². The molecule has 1 aliphatic rings. The lowest BCUT2D eigenvalue weighted by atomic mass is 10.1. The summed E-state index contributed by atoms with van der Waals surface area (Å²) in [7, 11) is -1.92. The predicted molar refractivity (Wildman–Crippen MR) is 128 cm³/mol. The van der Waals surface area contributed by atoms with Gasteiger partial charge in [0.1, 0.15) is 0 Å². The third-order valence-electron chi connectivity index (χ3n) is 6.30. The Morgan fingerprint density at radius 3 is 2.44 bits per heavy atom. The lowest BCUT2D eigenvalue weighted by Crippen LogP contribution is -2.35. The first-order valence-corrected chi connectivity index (χ1v) is 13.4. The summed E-state index contributed by atoms with van der Waals surface area (Å²) >= 11 is 1.50. The first-order chi connectivity index (χ1) is 15.4. The third-order valence-corrected chi connectivity index (χ3v) is 9.26. The van der Waals surface area contributed by atoms with Gasteiger partial charge in [-0.2, -0.15) is 9.30 Å². The summed E-state index contributed by atoms with van der Waals surface area (Å²) < 4.78 is 30.6. The second kappa shape index (κ2) is 9.29. The zero-order valence-corrected chi connectivity index (χ0v) is 20.4. The smallest absolute Gasteiger partial charge is 0.279 e. The van der Waals surface area contributed by atoms with E-state index in [1.165, 1.54) is 33.3 Å². The van der Waals surface area contributed by atoms with Crippen LogP contribution in [0.15, 0.2) is 52.4 Å². The minimum atomic E-state index is -3.57. The Morgan fingerprint density at radius 2 is 1.81 bits per heavy atom. The molecule has 8 heteroatoms. The minimum Gasteiger partial charge on any atom is -0.316 e. The number of hydrogen-bond acceptors (Lipinski definition) is 4. The lowest BCUT2D eigenvalue weighted by Gasteiger charge is -2.23. The summed E-state index contributed by atoms with van der Waals surface area (Å²) in [6.07, 6.45) is 4.84. The van der Waals surface area contributed by atoms with Crippen molar-refractivity contribution >= 4 is 37.5 Å². The molecule has 1 saturated carbocycles. The van der Waals surface area contributed by atoms with E-state index in [1.54, 1.807) is 19.2 Å². The van der Waals surface area contributed by atoms with Gasteiger partial charge in [-0.3, -0.25) is 4.79 Å². The van der Waals surface area contributed by atoms with E-state index < -0.39 is 10.0 Å². The summed E-state index contributed by atoms with van der Waals surface area (Å²) in [5.74, 6) is -0.370. The number of sulfonamides is 1. The highest BCUT2D eigenvalue weighted by Crippen LogP contribution is 2.27. The first-order valence-electron chi connectivity index (χ1n) is 11.1. The van der Waals surface area contributed by atoms with Gasteiger partial charge in [-0.15, -0.1) is 0 Å². The molecule has 1 heterocycles. The molecule has 0 unspecified atom stereocenters. The quantitative estimate of drug-likeness (QED) is 0.528. The van der Waals surface area contributed by atoms with Gasteiger partial charge in [-0.05, 0) is 62.1 Å². The van der Waals surface area contributed by atoms with Crippen molar-refractivity contribution in [2.75, 3.05) is 7.05 Å². The molecule has 170 valence electrons. The molecule has 3 aromatic rings. The number of fused-ring (bicyclic) bond motifs is 1. The van der Waals surface area contributed by atoms with Gasteiger partial charge in [0.2, 0.25) is 10.0 Å². The molecule has 1 aromatic heterocycles. The zero-order valence-electron chi connectivity index (χ0n) is 18.7. The Morgan fingerprint density at radius 1 is 1.12 bits per heavy atom. The van der Waals surface area contributed by atoms with Crippen molar-refractivity contribution < 1.29 is 13.2 Å². The normalized spacial score (nSPS) is 15.8. The molecular weight excluding hydrogens is 442 g/mol. The molecule has 6 nitrogen and oxygen atoms in total. The number of carbonyl (C=O) groups excluding carboxylic acids is 1. The molecule has 1 fully saturated rings. The molecule has 0 atom stereocenters. The molecule has 0 bridgehead atoms. The van der Waals surface area contributed by atoms with E-state index in [0.717, 1.165) is 42.3 Å². The maximum Gasteiger partial charge on any atom is 0.279 e. The van der Waals surface area contributed by atoms with Crippen LogP contribution < -0.4 is 4.80 Å². The van der Waals surface area contributed by atoms with Crippen LogP contribution in [0, 0.1) is 0 Å². The van der Waals surface area contributed by atoms with Crippen LogP contribution in [0.4, 0.5) is 0 Å². The van der Waals surface area contributed by atoms with Gasteiger partial charge >= 0.3 is 0 Å². The number of thiazole rings is 1. The summed E-state index contributed by atoms with van der Waals surface area (Å²) in [6, 6.07) is 12.4. The zero-order chi connectivity index (χ0) is 22.9. The maximum absolute atomic E-state index is 13.0. The van der Waals surface area contributed by atoms with E-state index >= 15 is 0 Å². The number of para-hydroxylation sites is 1. The average Bonchev–Trinajstić information content (AvgIpc) is 3.46. The molecule has 1 aliphatic carbocycles. The second-order valence-corrected chi connectivity index (χ2v) is 11.2. The summed E-state index contributed by atoms with van der Waals surface area (Å²) in [5, 5.41) is 0. The van der Waals surface area contributed by atoms with Gasteiger partial charge in [0.25, 0.3) is 5.91 Å². The summed E-state index contributed by atoms with van der Waals surface area (Å²) in [5.41, 5.74) is 2.74. The standard InChI is InChI=1S/C24H29N3O3S2/c1-4-17-9-8-12-21-22(17)27(5-2)24(31-21)25-23(28)18-13-15-20(16-14-18)32(29,30)26(3)19-10-6-7-11-19/h8-9,12-16,19H,4-7,10-11H2,1-3H3. The average molecular weight is 472 g/mol. The largest absolute Gasteiger partial charge is 0.316 e. The van der Waals surface area contributed by atoms with E-state index in [4.69, 9.17) is 0 Å². The Balaban J connectivity index is 1.64. The molecule has 0 N–H and O–H groups in total. The Labute approximate surface area is 193 Å². The molecule has 4 rings (SSSR count). The van der Waals surface area contributed by atoms with E-state index in [1.807, 2.05) is 13.0 Å². The van der Waals surface area contributed by atoms with Crippen LogP contribution in [0.5, 0.6) is 0 Å². The number of amides is 1. The van der Waals surface area contributed by atoms with Crippen molar-refractivity contribution in [3.63, 3.8) is 0 Å². The van der Waals surface area contributed by atoms with E-state index in [0.29, 0.717) is 16.9 Å². The number of rotatable bonds is 6. The number of benzene rings is 2. The van der Waals surface area contributed by atoms with Crippen molar-refractivity contribution in [2.45, 2.75) is 63.4 Å². The van der Waals surface area contributed by atoms with Crippen LogP contribution in [-0.4, -0.2) is 36.3 Å². The monoisotopic (exact) mass is 471 g/mol. The van der Waals surface area contributed by atoms with Crippen molar-refractivity contribution in [3.05, 3.63) is 58.4 Å². The maximum atomic E-state index is 13.0. The van der Waals surface area contributed by atoms with Crippen LogP contribution >= 0.6 is 11.3 Å². The Hall–Kier alpha value is -2.29.